The van der Waals surface area contributed by atoms with Crippen LogP contribution < -0.4 is 5.32 Å². The first kappa shape index (κ1) is 14.8. The normalized spacial score (nSPS) is 25.1. The molecule has 0 aromatic heterocycles. The van der Waals surface area contributed by atoms with Crippen molar-refractivity contribution < 1.29 is 0 Å². The predicted octanol–water partition coefficient (Wildman–Crippen LogP) is 2.92. The van der Waals surface area contributed by atoms with Gasteiger partial charge >= 0.3 is 0 Å². The van der Waals surface area contributed by atoms with Gasteiger partial charge in [-0.3, -0.25) is 0 Å². The third-order valence-corrected chi connectivity index (χ3v) is 5.07. The van der Waals surface area contributed by atoms with Gasteiger partial charge in [-0.25, -0.2) is 0 Å². The summed E-state index contributed by atoms with van der Waals surface area (Å²) in [7, 11) is 0. The van der Waals surface area contributed by atoms with E-state index in [0.29, 0.717) is 5.41 Å². The highest BCUT2D eigenvalue weighted by Crippen LogP contribution is 2.44. The van der Waals surface area contributed by atoms with Crippen molar-refractivity contribution in [2.24, 2.45) is 5.41 Å². The lowest BCUT2D eigenvalue weighted by atomic mass is 9.68. The van der Waals surface area contributed by atoms with Gasteiger partial charge in [-0.1, -0.05) is 26.2 Å². The Morgan fingerprint density at radius 2 is 1.84 bits per heavy atom. The molecule has 1 unspecified atom stereocenters. The second-order valence-corrected chi connectivity index (χ2v) is 6.50. The van der Waals surface area contributed by atoms with Crippen molar-refractivity contribution in [1.82, 2.24) is 10.2 Å². The molecule has 19 heavy (non-hydrogen) atoms. The largest absolute Gasteiger partial charge is 0.301 e. The first-order valence-corrected chi connectivity index (χ1v) is 8.13. The Bertz CT molecular complexity index is 292. The van der Waals surface area contributed by atoms with Gasteiger partial charge in [-0.15, -0.1) is 0 Å². The first-order chi connectivity index (χ1) is 9.28. The maximum absolute atomic E-state index is 9.19. The van der Waals surface area contributed by atoms with Gasteiger partial charge in [0.2, 0.25) is 0 Å². The summed E-state index contributed by atoms with van der Waals surface area (Å²) < 4.78 is 0. The smallest absolute Gasteiger partial charge is 0.108 e. The Balaban J connectivity index is 1.74. The van der Waals surface area contributed by atoms with Crippen molar-refractivity contribution >= 4 is 0 Å². The molecule has 0 radical (unpaired) electrons. The molecule has 1 heterocycles. The molecule has 3 nitrogen and oxygen atoms in total. The van der Waals surface area contributed by atoms with Crippen LogP contribution in [0.3, 0.4) is 0 Å². The number of nitrogens with zero attached hydrogens (tertiary/aromatic N) is 2. The summed E-state index contributed by atoms with van der Waals surface area (Å²) in [5.41, 5.74) is 0.674. The number of piperidine rings is 1. The van der Waals surface area contributed by atoms with Crippen molar-refractivity contribution in [3.8, 4) is 6.07 Å². The van der Waals surface area contributed by atoms with E-state index >= 15 is 0 Å². The second-order valence-electron chi connectivity index (χ2n) is 6.50. The third kappa shape index (κ3) is 4.19. The summed E-state index contributed by atoms with van der Waals surface area (Å²) in [5.74, 6) is 0. The fourth-order valence-electron chi connectivity index (χ4n) is 3.74. The summed E-state index contributed by atoms with van der Waals surface area (Å²) >= 11 is 0. The molecule has 0 bridgehead atoms. The Labute approximate surface area is 118 Å². The van der Waals surface area contributed by atoms with Crippen LogP contribution in [-0.2, 0) is 0 Å². The van der Waals surface area contributed by atoms with E-state index < -0.39 is 0 Å². The molecule has 1 spiro atoms. The lowest BCUT2D eigenvalue weighted by Crippen LogP contribution is -2.46. The summed E-state index contributed by atoms with van der Waals surface area (Å²) in [5, 5.41) is 12.5. The maximum Gasteiger partial charge on any atom is 0.108 e. The standard InChI is InChI=1S/C16H29N3/c1-2-10-18-15(13-17)14-19-11-8-16(9-12-19)6-4-3-5-7-16/h15,18H,2-12,14H2,1H3. The maximum atomic E-state index is 9.19. The molecule has 1 aliphatic heterocycles. The summed E-state index contributed by atoms with van der Waals surface area (Å²) in [6.07, 6.45) is 11.1. The van der Waals surface area contributed by atoms with Crippen molar-refractivity contribution in [3.63, 3.8) is 0 Å². The first-order valence-electron chi connectivity index (χ1n) is 8.13. The van der Waals surface area contributed by atoms with Crippen molar-refractivity contribution in [3.05, 3.63) is 0 Å². The molecule has 0 aromatic rings. The Hall–Kier alpha value is -0.590. The van der Waals surface area contributed by atoms with Gasteiger partial charge in [-0.05, 0) is 57.2 Å². The lowest BCUT2D eigenvalue weighted by Gasteiger charge is -2.44. The zero-order chi connectivity index (χ0) is 13.6. The fourth-order valence-corrected chi connectivity index (χ4v) is 3.74. The Kier molecular flexibility index (Phi) is 5.66. The molecule has 3 heteroatoms. The molecule has 1 saturated heterocycles. The zero-order valence-electron chi connectivity index (χ0n) is 12.5. The third-order valence-electron chi connectivity index (χ3n) is 5.07. The van der Waals surface area contributed by atoms with Crippen molar-refractivity contribution in [1.29, 1.82) is 5.26 Å². The number of nitriles is 1. The summed E-state index contributed by atoms with van der Waals surface area (Å²) in [6.45, 7) is 6.41. The van der Waals surface area contributed by atoms with Gasteiger partial charge in [0.25, 0.3) is 0 Å². The minimum atomic E-state index is 0.0142. The number of likely N-dealkylation sites (tertiary alicyclic amines) is 1. The molecule has 1 atom stereocenters. The minimum Gasteiger partial charge on any atom is -0.301 e. The van der Waals surface area contributed by atoms with Crippen LogP contribution in [0.1, 0.15) is 58.3 Å². The van der Waals surface area contributed by atoms with Crippen LogP contribution in [0.15, 0.2) is 0 Å². The molecular formula is C16H29N3. The Morgan fingerprint density at radius 1 is 1.16 bits per heavy atom. The van der Waals surface area contributed by atoms with Crippen molar-refractivity contribution in [2.75, 3.05) is 26.2 Å². The quantitative estimate of drug-likeness (QED) is 0.829. The molecule has 2 fully saturated rings. The molecular weight excluding hydrogens is 234 g/mol. The average Bonchev–Trinajstić information content (AvgIpc) is 2.46. The SMILES string of the molecule is CCCNC(C#N)CN1CCC2(CCCCC2)CC1. The van der Waals surface area contributed by atoms with Crippen LogP contribution in [0.2, 0.25) is 0 Å². The number of hydrogen-bond donors (Lipinski definition) is 1. The van der Waals surface area contributed by atoms with Crippen LogP contribution in [0.4, 0.5) is 0 Å². The molecule has 0 aromatic carbocycles. The van der Waals surface area contributed by atoms with E-state index in [1.807, 2.05) is 0 Å². The molecule has 2 aliphatic rings. The summed E-state index contributed by atoms with van der Waals surface area (Å²) in [6, 6.07) is 2.42. The molecule has 0 amide bonds. The van der Waals surface area contributed by atoms with Crippen molar-refractivity contribution in [2.45, 2.75) is 64.3 Å². The summed E-state index contributed by atoms with van der Waals surface area (Å²) in [4.78, 5) is 2.50. The number of rotatable bonds is 5. The topological polar surface area (TPSA) is 39.1 Å². The highest BCUT2D eigenvalue weighted by Gasteiger charge is 2.35. The van der Waals surface area contributed by atoms with Gasteiger partial charge in [0, 0.05) is 6.54 Å². The highest BCUT2D eigenvalue weighted by atomic mass is 15.2. The molecule has 1 aliphatic carbocycles. The predicted molar refractivity (Wildman–Crippen MR) is 78.9 cm³/mol. The van der Waals surface area contributed by atoms with Crippen LogP contribution in [0.25, 0.3) is 0 Å². The van der Waals surface area contributed by atoms with Crippen LogP contribution in [-0.4, -0.2) is 37.1 Å². The van der Waals surface area contributed by atoms with E-state index in [9.17, 15) is 5.26 Å². The lowest BCUT2D eigenvalue weighted by molar-refractivity contribution is 0.0656. The average molecular weight is 263 g/mol. The second kappa shape index (κ2) is 7.26. The van der Waals surface area contributed by atoms with E-state index in [0.717, 1.165) is 19.5 Å². The van der Waals surface area contributed by atoms with Gasteiger partial charge < -0.3 is 10.2 Å². The fraction of sp³-hybridized carbons (Fsp3) is 0.938. The zero-order valence-corrected chi connectivity index (χ0v) is 12.5. The molecule has 1 N–H and O–H groups in total. The van der Waals surface area contributed by atoms with Crippen LogP contribution in [0.5, 0.6) is 0 Å². The van der Waals surface area contributed by atoms with E-state index in [4.69, 9.17) is 0 Å². The van der Waals surface area contributed by atoms with Gasteiger partial charge in [0.05, 0.1) is 6.07 Å². The minimum absolute atomic E-state index is 0.0142. The monoisotopic (exact) mass is 263 g/mol. The molecule has 108 valence electrons. The Morgan fingerprint density at radius 3 is 2.42 bits per heavy atom. The van der Waals surface area contributed by atoms with Gasteiger partial charge in [-0.2, -0.15) is 5.26 Å². The van der Waals surface area contributed by atoms with E-state index in [1.165, 1.54) is 58.0 Å². The van der Waals surface area contributed by atoms with Gasteiger partial charge in [0.1, 0.15) is 6.04 Å². The van der Waals surface area contributed by atoms with Crippen LogP contribution in [0, 0.1) is 16.7 Å². The highest BCUT2D eigenvalue weighted by molar-refractivity contribution is 4.95. The number of hydrogen-bond acceptors (Lipinski definition) is 3. The molecule has 2 rings (SSSR count). The van der Waals surface area contributed by atoms with Gasteiger partial charge in [0.15, 0.2) is 0 Å². The molecule has 1 saturated carbocycles. The van der Waals surface area contributed by atoms with Crippen LogP contribution >= 0.6 is 0 Å². The number of nitrogens with one attached hydrogen (secondary N) is 1. The van der Waals surface area contributed by atoms with E-state index in [2.05, 4.69) is 23.2 Å². The van der Waals surface area contributed by atoms with E-state index in [-0.39, 0.29) is 6.04 Å². The van der Waals surface area contributed by atoms with E-state index in [1.54, 1.807) is 0 Å².